The van der Waals surface area contributed by atoms with Gasteiger partial charge < -0.3 is 10.1 Å². The minimum atomic E-state index is 0.351. The van der Waals surface area contributed by atoms with E-state index in [2.05, 4.69) is 46.4 Å². The Kier molecular flexibility index (Phi) is 3.87. The van der Waals surface area contributed by atoms with Crippen molar-refractivity contribution in [2.75, 3.05) is 7.05 Å². The summed E-state index contributed by atoms with van der Waals surface area (Å²) < 4.78 is 7.10. The highest BCUT2D eigenvalue weighted by molar-refractivity contribution is 9.10. The zero-order valence-electron chi connectivity index (χ0n) is 9.79. The Bertz CT molecular complexity index is 367. The number of hydrogen-bond donors (Lipinski definition) is 1. The van der Waals surface area contributed by atoms with Gasteiger partial charge in [0.2, 0.25) is 0 Å². The molecule has 0 spiro atoms. The molecule has 0 saturated heterocycles. The second kappa shape index (κ2) is 5.19. The third-order valence-electron chi connectivity index (χ3n) is 3.10. The van der Waals surface area contributed by atoms with Gasteiger partial charge in [-0.3, -0.25) is 0 Å². The zero-order chi connectivity index (χ0) is 11.5. The molecule has 1 aliphatic rings. The van der Waals surface area contributed by atoms with Crippen LogP contribution in [-0.4, -0.2) is 13.2 Å². The molecule has 2 atom stereocenters. The van der Waals surface area contributed by atoms with Crippen LogP contribution in [0, 0.1) is 0 Å². The van der Waals surface area contributed by atoms with Crippen LogP contribution < -0.4 is 10.1 Å². The van der Waals surface area contributed by atoms with Crippen molar-refractivity contribution in [2.24, 2.45) is 0 Å². The highest BCUT2D eigenvalue weighted by Gasteiger charge is 2.26. The molecular weight excluding hydrogens is 266 g/mol. The second-order valence-electron chi connectivity index (χ2n) is 4.29. The van der Waals surface area contributed by atoms with E-state index in [0.717, 1.165) is 23.1 Å². The maximum atomic E-state index is 6.02. The molecule has 1 aromatic carbocycles. The van der Waals surface area contributed by atoms with E-state index in [0.29, 0.717) is 12.1 Å². The molecule has 1 aliphatic heterocycles. The predicted octanol–water partition coefficient (Wildman–Crippen LogP) is 3.66. The molecule has 0 amide bonds. The number of rotatable bonds is 3. The molecule has 16 heavy (non-hydrogen) atoms. The molecule has 0 bridgehead atoms. The molecule has 2 rings (SSSR count). The summed E-state index contributed by atoms with van der Waals surface area (Å²) in [5.74, 6) is 1.03. The summed E-state index contributed by atoms with van der Waals surface area (Å²) in [6.07, 6.45) is 3.72. The minimum absolute atomic E-state index is 0.351. The Hall–Kier alpha value is -0.540. The van der Waals surface area contributed by atoms with Gasteiger partial charge in [-0.2, -0.15) is 0 Å². The molecule has 2 unspecified atom stereocenters. The highest BCUT2D eigenvalue weighted by Crippen LogP contribution is 2.37. The second-order valence-corrected chi connectivity index (χ2v) is 5.20. The van der Waals surface area contributed by atoms with Crippen LogP contribution in [-0.2, 0) is 0 Å². The van der Waals surface area contributed by atoms with E-state index >= 15 is 0 Å². The summed E-state index contributed by atoms with van der Waals surface area (Å²) >= 11 is 3.49. The molecule has 2 nitrogen and oxygen atoms in total. The topological polar surface area (TPSA) is 21.3 Å². The first-order chi connectivity index (χ1) is 7.74. The van der Waals surface area contributed by atoms with Crippen LogP contribution in [0.1, 0.15) is 37.8 Å². The lowest BCUT2D eigenvalue weighted by Crippen LogP contribution is -2.31. The van der Waals surface area contributed by atoms with E-state index in [4.69, 9.17) is 4.74 Å². The summed E-state index contributed by atoms with van der Waals surface area (Å²) in [7, 11) is 2.02. The number of hydrogen-bond acceptors (Lipinski definition) is 2. The van der Waals surface area contributed by atoms with Crippen molar-refractivity contribution >= 4 is 15.9 Å². The zero-order valence-corrected chi connectivity index (χ0v) is 11.4. The molecule has 1 aromatic rings. The fourth-order valence-corrected chi connectivity index (χ4v) is 2.63. The molecule has 0 saturated carbocycles. The van der Waals surface area contributed by atoms with Gasteiger partial charge in [0, 0.05) is 22.5 Å². The van der Waals surface area contributed by atoms with Crippen LogP contribution >= 0.6 is 15.9 Å². The molecule has 88 valence electrons. The summed E-state index contributed by atoms with van der Waals surface area (Å²) in [6.45, 7) is 2.20. The third kappa shape index (κ3) is 2.41. The largest absolute Gasteiger partial charge is 0.490 e. The van der Waals surface area contributed by atoms with Gasteiger partial charge in [0.1, 0.15) is 11.9 Å². The first-order valence-corrected chi connectivity index (χ1v) is 6.67. The summed E-state index contributed by atoms with van der Waals surface area (Å²) in [6, 6.07) is 6.71. The van der Waals surface area contributed by atoms with Gasteiger partial charge in [-0.15, -0.1) is 0 Å². The Morgan fingerprint density at radius 3 is 3.00 bits per heavy atom. The maximum absolute atomic E-state index is 6.02. The van der Waals surface area contributed by atoms with Gasteiger partial charge in [0.15, 0.2) is 0 Å². The summed E-state index contributed by atoms with van der Waals surface area (Å²) in [5.41, 5.74) is 1.28. The van der Waals surface area contributed by atoms with Gasteiger partial charge in [-0.05, 0) is 25.6 Å². The molecule has 0 aromatic heterocycles. The Labute approximate surface area is 106 Å². The lowest BCUT2D eigenvalue weighted by atomic mass is 9.95. The molecular formula is C13H18BrNO. The molecule has 3 heteroatoms. The molecule has 0 fully saturated rings. The first-order valence-electron chi connectivity index (χ1n) is 5.88. The number of halogens is 1. The average Bonchev–Trinajstić information content (AvgIpc) is 2.27. The summed E-state index contributed by atoms with van der Waals surface area (Å²) in [4.78, 5) is 0. The number of ether oxygens (including phenoxy) is 1. The minimum Gasteiger partial charge on any atom is -0.490 e. The SMILES string of the molecule is CCCC1CC(NC)c2ccc(Br)cc2O1. The van der Waals surface area contributed by atoms with Gasteiger partial charge in [-0.25, -0.2) is 0 Å². The van der Waals surface area contributed by atoms with Crippen LogP contribution in [0.3, 0.4) is 0 Å². The normalized spacial score (nSPS) is 23.7. The van der Waals surface area contributed by atoms with Gasteiger partial charge in [0.05, 0.1) is 0 Å². The van der Waals surface area contributed by atoms with Crippen molar-refractivity contribution in [1.82, 2.24) is 5.32 Å². The highest BCUT2D eigenvalue weighted by atomic mass is 79.9. The molecule has 1 N–H and O–H groups in total. The number of fused-ring (bicyclic) bond motifs is 1. The van der Waals surface area contributed by atoms with E-state index in [1.54, 1.807) is 0 Å². The van der Waals surface area contributed by atoms with E-state index in [1.807, 2.05) is 7.05 Å². The van der Waals surface area contributed by atoms with Crippen molar-refractivity contribution in [2.45, 2.75) is 38.3 Å². The van der Waals surface area contributed by atoms with E-state index < -0.39 is 0 Å². The van der Waals surface area contributed by atoms with Crippen molar-refractivity contribution in [3.63, 3.8) is 0 Å². The van der Waals surface area contributed by atoms with E-state index in [9.17, 15) is 0 Å². The predicted molar refractivity (Wildman–Crippen MR) is 69.9 cm³/mol. The van der Waals surface area contributed by atoms with Crippen molar-refractivity contribution < 1.29 is 4.74 Å². The third-order valence-corrected chi connectivity index (χ3v) is 3.60. The first kappa shape index (κ1) is 11.9. The summed E-state index contributed by atoms with van der Waals surface area (Å²) in [5, 5.41) is 3.37. The quantitative estimate of drug-likeness (QED) is 0.914. The lowest BCUT2D eigenvalue weighted by Gasteiger charge is -2.32. The molecule has 0 radical (unpaired) electrons. The van der Waals surface area contributed by atoms with Gasteiger partial charge in [0.25, 0.3) is 0 Å². The standard InChI is InChI=1S/C13H18BrNO/c1-3-4-10-8-12(15-2)11-6-5-9(14)7-13(11)16-10/h5-7,10,12,15H,3-4,8H2,1-2H3. The van der Waals surface area contributed by atoms with Crippen LogP contribution in [0.15, 0.2) is 22.7 Å². The van der Waals surface area contributed by atoms with Crippen LogP contribution in [0.4, 0.5) is 0 Å². The van der Waals surface area contributed by atoms with Gasteiger partial charge >= 0.3 is 0 Å². The fourth-order valence-electron chi connectivity index (χ4n) is 2.29. The Balaban J connectivity index is 2.27. The maximum Gasteiger partial charge on any atom is 0.125 e. The van der Waals surface area contributed by atoms with Crippen LogP contribution in [0.25, 0.3) is 0 Å². The smallest absolute Gasteiger partial charge is 0.125 e. The molecule has 1 heterocycles. The Morgan fingerprint density at radius 1 is 1.50 bits per heavy atom. The van der Waals surface area contributed by atoms with E-state index in [1.165, 1.54) is 12.0 Å². The van der Waals surface area contributed by atoms with E-state index in [-0.39, 0.29) is 0 Å². The van der Waals surface area contributed by atoms with Crippen molar-refractivity contribution in [1.29, 1.82) is 0 Å². The monoisotopic (exact) mass is 283 g/mol. The lowest BCUT2D eigenvalue weighted by molar-refractivity contribution is 0.142. The Morgan fingerprint density at radius 2 is 2.31 bits per heavy atom. The van der Waals surface area contributed by atoms with Crippen molar-refractivity contribution in [3.8, 4) is 5.75 Å². The number of benzene rings is 1. The van der Waals surface area contributed by atoms with Crippen LogP contribution in [0.2, 0.25) is 0 Å². The van der Waals surface area contributed by atoms with Crippen molar-refractivity contribution in [3.05, 3.63) is 28.2 Å². The fraction of sp³-hybridized carbons (Fsp3) is 0.538. The van der Waals surface area contributed by atoms with Gasteiger partial charge in [-0.1, -0.05) is 35.3 Å². The van der Waals surface area contributed by atoms with Crippen LogP contribution in [0.5, 0.6) is 5.75 Å². The molecule has 0 aliphatic carbocycles. The average molecular weight is 284 g/mol. The number of nitrogens with one attached hydrogen (secondary N) is 1.